The Kier molecular flexibility index (Phi) is 2.70. The summed E-state index contributed by atoms with van der Waals surface area (Å²) in [6.45, 7) is 1.40. The van der Waals surface area contributed by atoms with Crippen LogP contribution in [0.3, 0.4) is 0 Å². The molecule has 1 heterocycles. The fourth-order valence-electron chi connectivity index (χ4n) is 0.690. The standard InChI is InChI=1S/C7H11N3/c8-4-7-10-6-3-1-2-5-9-10/h1-3,5-6H,4,7-8H2. The highest BCUT2D eigenvalue weighted by atomic mass is 15.4. The number of hydrazone groups is 1. The molecule has 0 aromatic carbocycles. The molecule has 10 heavy (non-hydrogen) atoms. The van der Waals surface area contributed by atoms with Gasteiger partial charge in [-0.1, -0.05) is 6.08 Å². The van der Waals surface area contributed by atoms with Crippen LogP contribution in [0.15, 0.2) is 29.5 Å². The van der Waals surface area contributed by atoms with Gasteiger partial charge in [0.2, 0.25) is 0 Å². The van der Waals surface area contributed by atoms with Crippen LogP contribution in [0.2, 0.25) is 0 Å². The Balaban J connectivity index is 2.46. The topological polar surface area (TPSA) is 41.6 Å². The van der Waals surface area contributed by atoms with Gasteiger partial charge in [0.1, 0.15) is 0 Å². The average Bonchev–Trinajstić information content (AvgIpc) is 2.17. The first-order valence-electron chi connectivity index (χ1n) is 3.27. The molecular formula is C7H11N3. The van der Waals surface area contributed by atoms with Crippen LogP contribution < -0.4 is 5.73 Å². The molecule has 3 nitrogen and oxygen atoms in total. The zero-order valence-corrected chi connectivity index (χ0v) is 5.77. The second kappa shape index (κ2) is 3.85. The summed E-state index contributed by atoms with van der Waals surface area (Å²) < 4.78 is 0. The van der Waals surface area contributed by atoms with Crippen molar-refractivity contribution in [2.24, 2.45) is 10.8 Å². The fraction of sp³-hybridized carbons (Fsp3) is 0.286. The molecule has 0 radical (unpaired) electrons. The quantitative estimate of drug-likeness (QED) is 0.595. The second-order valence-electron chi connectivity index (χ2n) is 1.94. The van der Waals surface area contributed by atoms with E-state index in [4.69, 9.17) is 5.73 Å². The number of nitrogens with zero attached hydrogens (tertiary/aromatic N) is 2. The van der Waals surface area contributed by atoms with Crippen molar-refractivity contribution in [3.05, 3.63) is 24.4 Å². The van der Waals surface area contributed by atoms with Crippen molar-refractivity contribution in [1.82, 2.24) is 5.01 Å². The third kappa shape index (κ3) is 2.03. The molecule has 2 N–H and O–H groups in total. The van der Waals surface area contributed by atoms with Crippen LogP contribution in [0, 0.1) is 0 Å². The van der Waals surface area contributed by atoms with Gasteiger partial charge in [-0.2, -0.15) is 5.10 Å². The highest BCUT2D eigenvalue weighted by molar-refractivity contribution is 5.71. The average molecular weight is 137 g/mol. The summed E-state index contributed by atoms with van der Waals surface area (Å²) in [7, 11) is 0. The third-order valence-electron chi connectivity index (χ3n) is 1.14. The molecule has 1 aliphatic heterocycles. The minimum absolute atomic E-state index is 0.627. The first-order chi connectivity index (χ1) is 4.93. The lowest BCUT2D eigenvalue weighted by molar-refractivity contribution is 0.412. The molecule has 3 heteroatoms. The van der Waals surface area contributed by atoms with Gasteiger partial charge in [-0.05, 0) is 12.2 Å². The van der Waals surface area contributed by atoms with Crippen molar-refractivity contribution >= 4 is 6.21 Å². The molecule has 0 saturated carbocycles. The molecule has 1 aliphatic rings. The first-order valence-corrected chi connectivity index (χ1v) is 3.27. The summed E-state index contributed by atoms with van der Waals surface area (Å²) in [6.07, 6.45) is 9.39. The predicted octanol–water partition coefficient (Wildman–Crippen LogP) is 0.316. The van der Waals surface area contributed by atoms with Gasteiger partial charge in [0, 0.05) is 19.0 Å². The van der Waals surface area contributed by atoms with Crippen molar-refractivity contribution in [2.45, 2.75) is 0 Å². The molecule has 0 aromatic heterocycles. The van der Waals surface area contributed by atoms with Crippen molar-refractivity contribution in [2.75, 3.05) is 13.1 Å². The van der Waals surface area contributed by atoms with Gasteiger partial charge in [0.05, 0.1) is 6.54 Å². The highest BCUT2D eigenvalue weighted by Gasteiger charge is 1.91. The Morgan fingerprint density at radius 3 is 3.00 bits per heavy atom. The maximum Gasteiger partial charge on any atom is 0.0531 e. The van der Waals surface area contributed by atoms with Crippen LogP contribution in [-0.2, 0) is 0 Å². The summed E-state index contributed by atoms with van der Waals surface area (Å²) in [5.74, 6) is 0. The van der Waals surface area contributed by atoms with E-state index >= 15 is 0 Å². The maximum atomic E-state index is 5.34. The fourth-order valence-corrected chi connectivity index (χ4v) is 0.690. The Labute approximate surface area is 60.5 Å². The Morgan fingerprint density at radius 1 is 1.30 bits per heavy atom. The Hall–Kier alpha value is -1.09. The van der Waals surface area contributed by atoms with Gasteiger partial charge >= 0.3 is 0 Å². The highest BCUT2D eigenvalue weighted by Crippen LogP contribution is 1.93. The number of hydrogen-bond donors (Lipinski definition) is 1. The van der Waals surface area contributed by atoms with Gasteiger partial charge < -0.3 is 5.73 Å². The largest absolute Gasteiger partial charge is 0.329 e. The van der Waals surface area contributed by atoms with E-state index in [-0.39, 0.29) is 0 Å². The molecule has 0 saturated heterocycles. The number of allylic oxidation sites excluding steroid dienone is 3. The van der Waals surface area contributed by atoms with E-state index in [9.17, 15) is 0 Å². The monoisotopic (exact) mass is 137 g/mol. The molecule has 0 amide bonds. The molecule has 1 rings (SSSR count). The molecule has 0 atom stereocenters. The van der Waals surface area contributed by atoms with E-state index in [0.29, 0.717) is 6.54 Å². The molecule has 0 unspecified atom stereocenters. The lowest BCUT2D eigenvalue weighted by atomic mass is 10.5. The van der Waals surface area contributed by atoms with Gasteiger partial charge in [-0.3, -0.25) is 5.01 Å². The number of rotatable bonds is 2. The van der Waals surface area contributed by atoms with E-state index in [1.165, 1.54) is 0 Å². The molecule has 54 valence electrons. The minimum atomic E-state index is 0.627. The lowest BCUT2D eigenvalue weighted by Gasteiger charge is -2.10. The van der Waals surface area contributed by atoms with Gasteiger partial charge in [-0.15, -0.1) is 0 Å². The van der Waals surface area contributed by atoms with E-state index in [1.807, 2.05) is 24.4 Å². The SMILES string of the molecule is NCCN1C=CC=CC=N1. The van der Waals surface area contributed by atoms with Crippen LogP contribution >= 0.6 is 0 Å². The molecular weight excluding hydrogens is 126 g/mol. The number of hydrogen-bond acceptors (Lipinski definition) is 3. The van der Waals surface area contributed by atoms with Crippen LogP contribution in [0.5, 0.6) is 0 Å². The minimum Gasteiger partial charge on any atom is -0.329 e. The molecule has 0 fully saturated rings. The van der Waals surface area contributed by atoms with Gasteiger partial charge in [-0.25, -0.2) is 0 Å². The normalized spacial score (nSPS) is 15.9. The zero-order chi connectivity index (χ0) is 7.23. The van der Waals surface area contributed by atoms with Gasteiger partial charge in [0.15, 0.2) is 0 Å². The van der Waals surface area contributed by atoms with Crippen molar-refractivity contribution < 1.29 is 0 Å². The van der Waals surface area contributed by atoms with E-state index in [0.717, 1.165) is 6.54 Å². The Morgan fingerprint density at radius 2 is 2.20 bits per heavy atom. The predicted molar refractivity (Wildman–Crippen MR) is 42.5 cm³/mol. The lowest BCUT2D eigenvalue weighted by Crippen LogP contribution is -2.19. The van der Waals surface area contributed by atoms with E-state index in [2.05, 4.69) is 5.10 Å². The van der Waals surface area contributed by atoms with Crippen molar-refractivity contribution in [3.63, 3.8) is 0 Å². The summed E-state index contributed by atoms with van der Waals surface area (Å²) in [5.41, 5.74) is 5.34. The third-order valence-corrected chi connectivity index (χ3v) is 1.14. The van der Waals surface area contributed by atoms with E-state index in [1.54, 1.807) is 11.2 Å². The summed E-state index contributed by atoms with van der Waals surface area (Å²) in [5, 5.41) is 5.87. The molecule has 0 bridgehead atoms. The van der Waals surface area contributed by atoms with Crippen LogP contribution in [0.25, 0.3) is 0 Å². The van der Waals surface area contributed by atoms with Crippen LogP contribution in [0.1, 0.15) is 0 Å². The maximum absolute atomic E-state index is 5.34. The summed E-state index contributed by atoms with van der Waals surface area (Å²) in [4.78, 5) is 0. The zero-order valence-electron chi connectivity index (χ0n) is 5.77. The summed E-state index contributed by atoms with van der Waals surface area (Å²) >= 11 is 0. The Bertz CT molecular complexity index is 154. The van der Waals surface area contributed by atoms with Gasteiger partial charge in [0.25, 0.3) is 0 Å². The number of nitrogens with two attached hydrogens (primary N) is 1. The van der Waals surface area contributed by atoms with Crippen molar-refractivity contribution in [3.8, 4) is 0 Å². The van der Waals surface area contributed by atoms with Crippen LogP contribution in [-0.4, -0.2) is 24.3 Å². The van der Waals surface area contributed by atoms with Crippen molar-refractivity contribution in [1.29, 1.82) is 0 Å². The molecule has 0 spiro atoms. The first kappa shape index (κ1) is 7.02. The molecule has 0 aliphatic carbocycles. The second-order valence-corrected chi connectivity index (χ2v) is 1.94. The summed E-state index contributed by atoms with van der Waals surface area (Å²) in [6, 6.07) is 0. The van der Waals surface area contributed by atoms with E-state index < -0.39 is 0 Å². The molecule has 0 aromatic rings. The van der Waals surface area contributed by atoms with Crippen LogP contribution in [0.4, 0.5) is 0 Å². The smallest absolute Gasteiger partial charge is 0.0531 e.